The summed E-state index contributed by atoms with van der Waals surface area (Å²) in [6, 6.07) is 15.6. The number of nitrogen functional groups attached to an aromatic ring is 1. The van der Waals surface area contributed by atoms with Gasteiger partial charge >= 0.3 is 6.03 Å². The van der Waals surface area contributed by atoms with Crippen molar-refractivity contribution < 1.29 is 9.59 Å². The fourth-order valence-corrected chi connectivity index (χ4v) is 3.81. The summed E-state index contributed by atoms with van der Waals surface area (Å²) in [5.41, 5.74) is 19.9. The quantitative estimate of drug-likeness (QED) is 0.160. The molecule has 0 saturated heterocycles. The summed E-state index contributed by atoms with van der Waals surface area (Å²) < 4.78 is 0. The van der Waals surface area contributed by atoms with E-state index < -0.39 is 11.9 Å². The minimum Gasteiger partial charge on any atom is -0.398 e. The van der Waals surface area contributed by atoms with E-state index in [0.717, 1.165) is 0 Å². The maximum Gasteiger partial charge on any atom is 0.347 e. The van der Waals surface area contributed by atoms with Crippen molar-refractivity contribution in [3.63, 3.8) is 0 Å². The van der Waals surface area contributed by atoms with Gasteiger partial charge in [0.15, 0.2) is 0 Å². The first-order valence-electron chi connectivity index (χ1n) is 10.4. The van der Waals surface area contributed by atoms with E-state index in [1.54, 1.807) is 54.6 Å². The number of aliphatic imine (C=N–C) groups is 1. The summed E-state index contributed by atoms with van der Waals surface area (Å²) in [6.07, 6.45) is 0.388. The topological polar surface area (TPSA) is 149 Å². The molecular weight excluding hydrogens is 511 g/mol. The molecule has 0 aromatic heterocycles. The van der Waals surface area contributed by atoms with Crippen molar-refractivity contribution >= 4 is 69.6 Å². The van der Waals surface area contributed by atoms with Crippen LogP contribution in [0.25, 0.3) is 0 Å². The van der Waals surface area contributed by atoms with Crippen molar-refractivity contribution in [1.82, 2.24) is 0 Å². The zero-order valence-electron chi connectivity index (χ0n) is 18.4. The van der Waals surface area contributed by atoms with E-state index in [1.807, 2.05) is 0 Å². The van der Waals surface area contributed by atoms with Crippen molar-refractivity contribution in [3.05, 3.63) is 86.9 Å². The average Bonchev–Trinajstić information content (AvgIpc) is 2.80. The molecule has 8 nitrogen and oxygen atoms in total. The van der Waals surface area contributed by atoms with Gasteiger partial charge in [0.25, 0.3) is 0 Å². The van der Waals surface area contributed by atoms with Gasteiger partial charge in [-0.15, -0.1) is 0 Å². The summed E-state index contributed by atoms with van der Waals surface area (Å²) in [7, 11) is 0. The predicted octanol–water partition coefficient (Wildman–Crippen LogP) is 5.24. The monoisotopic (exact) mass is 532 g/mol. The third-order valence-corrected chi connectivity index (χ3v) is 5.99. The molecule has 1 unspecified atom stereocenters. The first-order chi connectivity index (χ1) is 16.7. The predicted molar refractivity (Wildman–Crippen MR) is 144 cm³/mol. The van der Waals surface area contributed by atoms with Crippen LogP contribution in [0.3, 0.4) is 0 Å². The van der Waals surface area contributed by atoms with Gasteiger partial charge in [-0.3, -0.25) is 4.79 Å². The molecule has 3 rings (SSSR count). The number of rotatable bonds is 7. The molecule has 1 atom stereocenters. The number of anilines is 3. The van der Waals surface area contributed by atoms with Gasteiger partial charge in [0, 0.05) is 27.6 Å². The number of urea groups is 1. The molecule has 0 radical (unpaired) electrons. The van der Waals surface area contributed by atoms with Crippen LogP contribution in [0.4, 0.5) is 21.9 Å². The number of carbonyl (C=O) groups excluding carboxylic acids is 2. The number of amidine groups is 1. The zero-order valence-corrected chi connectivity index (χ0v) is 20.7. The van der Waals surface area contributed by atoms with Crippen molar-refractivity contribution in [2.45, 2.75) is 12.3 Å². The van der Waals surface area contributed by atoms with E-state index >= 15 is 0 Å². The summed E-state index contributed by atoms with van der Waals surface area (Å²) in [6.45, 7) is 0.284. The van der Waals surface area contributed by atoms with Crippen LogP contribution in [0.2, 0.25) is 15.1 Å². The van der Waals surface area contributed by atoms with Crippen LogP contribution >= 0.6 is 34.8 Å². The molecule has 3 amide bonds. The number of nitrogens with one attached hydrogen (secondary N) is 2. The summed E-state index contributed by atoms with van der Waals surface area (Å²) >= 11 is 18.0. The molecule has 0 fully saturated rings. The number of carbonyl (C=O) groups is 2. The summed E-state index contributed by atoms with van der Waals surface area (Å²) in [4.78, 5) is 29.2. The molecule has 182 valence electrons. The van der Waals surface area contributed by atoms with Gasteiger partial charge in [-0.1, -0.05) is 46.9 Å². The number of halogens is 3. The number of amides is 3. The fourth-order valence-electron chi connectivity index (χ4n) is 3.32. The molecule has 0 spiro atoms. The van der Waals surface area contributed by atoms with Crippen LogP contribution in [0.15, 0.2) is 65.7 Å². The molecule has 0 bridgehead atoms. The van der Waals surface area contributed by atoms with Crippen molar-refractivity contribution in [1.29, 1.82) is 0 Å². The van der Waals surface area contributed by atoms with Crippen LogP contribution in [-0.4, -0.2) is 24.3 Å². The molecule has 3 aromatic carbocycles. The van der Waals surface area contributed by atoms with E-state index in [0.29, 0.717) is 38.4 Å². The highest BCUT2D eigenvalue weighted by Gasteiger charge is 2.21. The second-order valence-electron chi connectivity index (χ2n) is 7.53. The van der Waals surface area contributed by atoms with Crippen LogP contribution in [-0.2, 0) is 4.79 Å². The maximum atomic E-state index is 13.1. The Morgan fingerprint density at radius 2 is 1.66 bits per heavy atom. The first-order valence-corrected chi connectivity index (χ1v) is 11.6. The lowest BCUT2D eigenvalue weighted by Crippen LogP contribution is -2.24. The standard InChI is InChI=1S/C24H23Cl3N6O2/c25-14-2-1-3-15(11-14)32-24(35)33-22(30)18-12-16(5-7-21(18)29)31-23(34)17(8-9-28)13-4-6-19(26)20(27)10-13/h1-7,10-12,17H,8-9,28-29H2,(H,31,34)(H3,30,32,33,35). The van der Waals surface area contributed by atoms with Gasteiger partial charge in [0.1, 0.15) is 5.84 Å². The molecule has 0 saturated carbocycles. The van der Waals surface area contributed by atoms with Gasteiger partial charge in [-0.2, -0.15) is 4.99 Å². The first kappa shape index (κ1) is 26.3. The smallest absolute Gasteiger partial charge is 0.347 e. The van der Waals surface area contributed by atoms with Gasteiger partial charge in [0.05, 0.1) is 16.0 Å². The van der Waals surface area contributed by atoms with E-state index in [1.165, 1.54) is 6.07 Å². The van der Waals surface area contributed by atoms with Crippen LogP contribution in [0.1, 0.15) is 23.5 Å². The Hall–Kier alpha value is -3.30. The molecule has 0 aliphatic heterocycles. The van der Waals surface area contributed by atoms with Crippen LogP contribution in [0, 0.1) is 0 Å². The number of benzene rings is 3. The second-order valence-corrected chi connectivity index (χ2v) is 8.78. The minimum absolute atomic E-state index is 0.124. The van der Waals surface area contributed by atoms with E-state index in [2.05, 4.69) is 15.6 Å². The zero-order chi connectivity index (χ0) is 25.5. The number of nitrogens with zero attached hydrogens (tertiary/aromatic N) is 1. The highest BCUT2D eigenvalue weighted by atomic mass is 35.5. The lowest BCUT2D eigenvalue weighted by molar-refractivity contribution is -0.117. The fraction of sp³-hybridized carbons (Fsp3) is 0.125. The number of nitrogens with two attached hydrogens (primary N) is 3. The molecular formula is C24H23Cl3N6O2. The Bertz CT molecular complexity index is 1280. The summed E-state index contributed by atoms with van der Waals surface area (Å²) in [5.74, 6) is -0.995. The Kier molecular flexibility index (Phi) is 8.95. The van der Waals surface area contributed by atoms with Gasteiger partial charge < -0.3 is 27.8 Å². The number of hydrogen-bond donors (Lipinski definition) is 5. The largest absolute Gasteiger partial charge is 0.398 e. The molecule has 0 aliphatic rings. The van der Waals surface area contributed by atoms with Gasteiger partial charge in [-0.05, 0) is 67.1 Å². The van der Waals surface area contributed by atoms with E-state index in [9.17, 15) is 9.59 Å². The minimum atomic E-state index is -0.707. The molecule has 11 heteroatoms. The normalized spacial score (nSPS) is 12.2. The van der Waals surface area contributed by atoms with Crippen molar-refractivity contribution in [2.75, 3.05) is 22.9 Å². The molecule has 0 heterocycles. The Labute approximate surface area is 217 Å². The molecule has 35 heavy (non-hydrogen) atoms. The number of hydrogen-bond acceptors (Lipinski definition) is 4. The Morgan fingerprint density at radius 1 is 0.914 bits per heavy atom. The summed E-state index contributed by atoms with van der Waals surface area (Å²) in [5, 5.41) is 6.59. The second kappa shape index (κ2) is 11.9. The lowest BCUT2D eigenvalue weighted by Gasteiger charge is -2.18. The van der Waals surface area contributed by atoms with E-state index in [4.69, 9.17) is 52.0 Å². The Morgan fingerprint density at radius 3 is 2.34 bits per heavy atom. The van der Waals surface area contributed by atoms with Gasteiger partial charge in [0.2, 0.25) is 5.91 Å². The molecule has 3 aromatic rings. The van der Waals surface area contributed by atoms with Crippen molar-refractivity contribution in [2.24, 2.45) is 16.5 Å². The lowest BCUT2D eigenvalue weighted by atomic mass is 9.94. The van der Waals surface area contributed by atoms with E-state index in [-0.39, 0.29) is 29.5 Å². The maximum absolute atomic E-state index is 13.1. The van der Waals surface area contributed by atoms with Crippen LogP contribution < -0.4 is 27.8 Å². The van der Waals surface area contributed by atoms with Crippen LogP contribution in [0.5, 0.6) is 0 Å². The molecule has 8 N–H and O–H groups in total. The SMILES string of the molecule is NCCC(C(=O)Nc1ccc(N)c(/C(N)=N/C(=O)Nc2cccc(Cl)c2)c1)c1ccc(Cl)c(Cl)c1. The third-order valence-electron chi connectivity index (χ3n) is 5.01. The highest BCUT2D eigenvalue weighted by molar-refractivity contribution is 6.42. The molecule has 0 aliphatic carbocycles. The third kappa shape index (κ3) is 7.10. The Balaban J connectivity index is 1.79. The van der Waals surface area contributed by atoms with Crippen molar-refractivity contribution in [3.8, 4) is 0 Å². The highest BCUT2D eigenvalue weighted by Crippen LogP contribution is 2.29. The average molecular weight is 534 g/mol. The van der Waals surface area contributed by atoms with Gasteiger partial charge in [-0.25, -0.2) is 4.79 Å².